The lowest BCUT2D eigenvalue weighted by molar-refractivity contribution is -0.136. The molecule has 0 unspecified atom stereocenters. The van der Waals surface area contributed by atoms with E-state index in [2.05, 4.69) is 15.7 Å². The summed E-state index contributed by atoms with van der Waals surface area (Å²) in [5.74, 6) is 4.77. The molecule has 0 aliphatic carbocycles. The Morgan fingerprint density at radius 2 is 1.86 bits per heavy atom. The molecule has 5 nitrogen and oxygen atoms in total. The molecule has 0 saturated heterocycles. The number of para-hydroxylation sites is 1. The van der Waals surface area contributed by atoms with Crippen LogP contribution in [0.2, 0.25) is 0 Å². The molecule has 1 amide bonds. The number of nitrogens with one attached hydrogen (secondary N) is 2. The normalized spacial score (nSPS) is 11.0. The number of carbonyl (C=O) groups excluding carboxylic acids is 1. The summed E-state index contributed by atoms with van der Waals surface area (Å²) in [6.45, 7) is 0. The maximum absolute atomic E-state index is 12.8. The maximum atomic E-state index is 12.8. The van der Waals surface area contributed by atoms with Gasteiger partial charge in [-0.15, -0.1) is 0 Å². The summed E-state index contributed by atoms with van der Waals surface area (Å²) in [6, 6.07) is 7.57. The van der Waals surface area contributed by atoms with Gasteiger partial charge in [0.05, 0.1) is 16.8 Å². The van der Waals surface area contributed by atoms with Crippen molar-refractivity contribution < 1.29 is 18.0 Å². The first kappa shape index (κ1) is 14.8. The molecule has 2 aromatic rings. The first-order valence-corrected chi connectivity index (χ1v) is 5.82. The zero-order chi connectivity index (χ0) is 15.5. The third-order valence-corrected chi connectivity index (χ3v) is 2.65. The van der Waals surface area contributed by atoms with Gasteiger partial charge in [0.25, 0.3) is 5.91 Å². The Balaban J connectivity index is 2.23. The van der Waals surface area contributed by atoms with Crippen molar-refractivity contribution >= 4 is 17.4 Å². The summed E-state index contributed by atoms with van der Waals surface area (Å²) in [5, 5.41) is 2.22. The van der Waals surface area contributed by atoms with Crippen LogP contribution in [0.5, 0.6) is 0 Å². The number of carbonyl (C=O) groups is 1. The second-order valence-electron chi connectivity index (χ2n) is 4.07. The fourth-order valence-corrected chi connectivity index (χ4v) is 1.65. The van der Waals surface area contributed by atoms with E-state index in [-0.39, 0.29) is 11.3 Å². The number of nitrogen functional groups attached to an aromatic ring is 1. The molecule has 21 heavy (non-hydrogen) atoms. The van der Waals surface area contributed by atoms with Crippen molar-refractivity contribution in [3.05, 3.63) is 53.7 Å². The van der Waals surface area contributed by atoms with E-state index in [0.29, 0.717) is 5.82 Å². The van der Waals surface area contributed by atoms with Gasteiger partial charge in [0.2, 0.25) is 0 Å². The monoisotopic (exact) mass is 296 g/mol. The highest BCUT2D eigenvalue weighted by Gasteiger charge is 2.33. The molecule has 110 valence electrons. The SMILES string of the molecule is NNc1ccc(C(=O)Nc2ccccc2C(F)(F)F)cn1. The molecule has 0 spiro atoms. The number of hydrogen-bond donors (Lipinski definition) is 3. The molecule has 0 radical (unpaired) electrons. The molecule has 0 aliphatic rings. The summed E-state index contributed by atoms with van der Waals surface area (Å²) in [5.41, 5.74) is 1.18. The summed E-state index contributed by atoms with van der Waals surface area (Å²) >= 11 is 0. The first-order chi connectivity index (χ1) is 9.91. The van der Waals surface area contributed by atoms with Gasteiger partial charge in [-0.05, 0) is 24.3 Å². The predicted molar refractivity (Wildman–Crippen MR) is 71.4 cm³/mol. The predicted octanol–water partition coefficient (Wildman–Crippen LogP) is 2.64. The van der Waals surface area contributed by atoms with Crippen molar-refractivity contribution in [1.29, 1.82) is 0 Å². The van der Waals surface area contributed by atoms with E-state index in [0.717, 1.165) is 6.07 Å². The molecule has 1 aromatic carbocycles. The number of rotatable bonds is 3. The molecule has 0 fully saturated rings. The minimum absolute atomic E-state index is 0.117. The molecule has 0 aliphatic heterocycles. The van der Waals surface area contributed by atoms with Gasteiger partial charge in [0, 0.05) is 6.20 Å². The highest BCUT2D eigenvalue weighted by molar-refractivity contribution is 6.04. The number of aromatic nitrogens is 1. The lowest BCUT2D eigenvalue weighted by Crippen LogP contribution is -2.17. The van der Waals surface area contributed by atoms with Crippen LogP contribution in [0, 0.1) is 0 Å². The van der Waals surface area contributed by atoms with Crippen LogP contribution in [0.3, 0.4) is 0 Å². The van der Waals surface area contributed by atoms with Gasteiger partial charge in [-0.25, -0.2) is 10.8 Å². The molecule has 0 saturated carbocycles. The molecule has 2 rings (SSSR count). The van der Waals surface area contributed by atoms with Crippen LogP contribution < -0.4 is 16.6 Å². The van der Waals surface area contributed by atoms with Crippen molar-refractivity contribution in [1.82, 2.24) is 4.98 Å². The second-order valence-corrected chi connectivity index (χ2v) is 4.07. The van der Waals surface area contributed by atoms with Crippen LogP contribution in [-0.2, 0) is 6.18 Å². The summed E-state index contributed by atoms with van der Waals surface area (Å²) in [6.07, 6.45) is -3.34. The maximum Gasteiger partial charge on any atom is 0.418 e. The Morgan fingerprint density at radius 1 is 1.14 bits per heavy atom. The van der Waals surface area contributed by atoms with E-state index < -0.39 is 17.6 Å². The smallest absolute Gasteiger partial charge is 0.321 e. The number of pyridine rings is 1. The highest BCUT2D eigenvalue weighted by Crippen LogP contribution is 2.34. The number of nitrogens with two attached hydrogens (primary N) is 1. The Hall–Kier alpha value is -2.61. The lowest BCUT2D eigenvalue weighted by Gasteiger charge is -2.13. The van der Waals surface area contributed by atoms with E-state index in [1.165, 1.54) is 36.5 Å². The Labute approximate surface area is 118 Å². The number of benzene rings is 1. The fourth-order valence-electron chi connectivity index (χ4n) is 1.65. The molecule has 0 bridgehead atoms. The number of amides is 1. The molecular formula is C13H11F3N4O. The highest BCUT2D eigenvalue weighted by atomic mass is 19.4. The van der Waals surface area contributed by atoms with Gasteiger partial charge >= 0.3 is 6.18 Å². The molecule has 1 aromatic heterocycles. The largest absolute Gasteiger partial charge is 0.418 e. The van der Waals surface area contributed by atoms with Crippen molar-refractivity contribution in [2.24, 2.45) is 5.84 Å². The summed E-state index contributed by atoms with van der Waals surface area (Å²) in [7, 11) is 0. The topological polar surface area (TPSA) is 80.0 Å². The fraction of sp³-hybridized carbons (Fsp3) is 0.0769. The van der Waals surface area contributed by atoms with E-state index in [1.807, 2.05) is 0 Å². The first-order valence-electron chi connectivity index (χ1n) is 5.82. The number of alkyl halides is 3. The minimum atomic E-state index is -4.55. The van der Waals surface area contributed by atoms with Crippen LogP contribution in [0.15, 0.2) is 42.6 Å². The number of nitrogens with zero attached hydrogens (tertiary/aromatic N) is 1. The van der Waals surface area contributed by atoms with Gasteiger partial charge in [-0.3, -0.25) is 4.79 Å². The van der Waals surface area contributed by atoms with Crippen LogP contribution in [0.4, 0.5) is 24.7 Å². The third kappa shape index (κ3) is 3.48. The number of halogens is 3. The molecule has 4 N–H and O–H groups in total. The Morgan fingerprint density at radius 3 is 2.43 bits per heavy atom. The molecule has 0 atom stereocenters. The zero-order valence-electron chi connectivity index (χ0n) is 10.6. The van der Waals surface area contributed by atoms with E-state index >= 15 is 0 Å². The van der Waals surface area contributed by atoms with Crippen molar-refractivity contribution in [3.8, 4) is 0 Å². The average Bonchev–Trinajstić information content (AvgIpc) is 2.47. The summed E-state index contributed by atoms with van der Waals surface area (Å²) < 4.78 is 38.4. The Kier molecular flexibility index (Phi) is 4.08. The number of anilines is 2. The minimum Gasteiger partial charge on any atom is -0.321 e. The van der Waals surface area contributed by atoms with Gasteiger partial charge in [0.15, 0.2) is 0 Å². The van der Waals surface area contributed by atoms with Crippen LogP contribution in [-0.4, -0.2) is 10.9 Å². The Bertz CT molecular complexity index is 641. The quantitative estimate of drug-likeness (QED) is 0.601. The van der Waals surface area contributed by atoms with Crippen LogP contribution >= 0.6 is 0 Å². The van der Waals surface area contributed by atoms with Gasteiger partial charge in [-0.1, -0.05) is 12.1 Å². The van der Waals surface area contributed by atoms with E-state index in [1.54, 1.807) is 0 Å². The molecular weight excluding hydrogens is 285 g/mol. The lowest BCUT2D eigenvalue weighted by atomic mass is 10.1. The van der Waals surface area contributed by atoms with Gasteiger partial charge in [0.1, 0.15) is 5.82 Å². The van der Waals surface area contributed by atoms with Gasteiger partial charge < -0.3 is 10.7 Å². The second kappa shape index (κ2) is 5.80. The third-order valence-electron chi connectivity index (χ3n) is 2.65. The zero-order valence-corrected chi connectivity index (χ0v) is 10.6. The van der Waals surface area contributed by atoms with Crippen molar-refractivity contribution in [2.45, 2.75) is 6.18 Å². The number of hydrogen-bond acceptors (Lipinski definition) is 4. The average molecular weight is 296 g/mol. The molecule has 8 heteroatoms. The van der Waals surface area contributed by atoms with E-state index in [4.69, 9.17) is 5.84 Å². The van der Waals surface area contributed by atoms with Crippen LogP contribution in [0.1, 0.15) is 15.9 Å². The summed E-state index contributed by atoms with van der Waals surface area (Å²) in [4.78, 5) is 15.7. The van der Waals surface area contributed by atoms with Crippen molar-refractivity contribution in [2.75, 3.05) is 10.7 Å². The van der Waals surface area contributed by atoms with Crippen LogP contribution in [0.25, 0.3) is 0 Å². The van der Waals surface area contributed by atoms with E-state index in [9.17, 15) is 18.0 Å². The van der Waals surface area contributed by atoms with Gasteiger partial charge in [-0.2, -0.15) is 13.2 Å². The standard InChI is InChI=1S/C13H11F3N4O/c14-13(15,16)9-3-1-2-4-10(9)19-12(21)8-5-6-11(20-17)18-7-8/h1-7H,17H2,(H,18,20)(H,19,21). The van der Waals surface area contributed by atoms with Crippen molar-refractivity contribution in [3.63, 3.8) is 0 Å². The molecule has 1 heterocycles. The number of hydrazine groups is 1.